The molecular weight excluding hydrogens is 276 g/mol. The first-order valence-corrected chi connectivity index (χ1v) is 7.16. The van der Waals surface area contributed by atoms with Crippen molar-refractivity contribution in [3.63, 3.8) is 0 Å². The van der Waals surface area contributed by atoms with Crippen molar-refractivity contribution < 1.29 is 9.47 Å². The summed E-state index contributed by atoms with van der Waals surface area (Å²) in [6.07, 6.45) is 6.12. The quantitative estimate of drug-likeness (QED) is 0.790. The molecule has 0 amide bonds. The fourth-order valence-electron chi connectivity index (χ4n) is 2.28. The number of halogens is 1. The van der Waals surface area contributed by atoms with Gasteiger partial charge >= 0.3 is 0 Å². The fraction of sp³-hybridized carbons (Fsp3) is 0.467. The molecular formula is C15H17ClN2O2. The lowest BCUT2D eigenvalue weighted by Crippen LogP contribution is -2.06. The summed E-state index contributed by atoms with van der Waals surface area (Å²) in [4.78, 5) is 8.62. The molecule has 0 unspecified atom stereocenters. The lowest BCUT2D eigenvalue weighted by Gasteiger charge is -2.15. The Morgan fingerprint density at radius 3 is 2.80 bits per heavy atom. The van der Waals surface area contributed by atoms with Crippen LogP contribution in [0.4, 0.5) is 0 Å². The Morgan fingerprint density at radius 1 is 1.30 bits per heavy atom. The van der Waals surface area contributed by atoms with E-state index in [1.165, 1.54) is 0 Å². The molecule has 0 aromatic carbocycles. The van der Waals surface area contributed by atoms with Crippen LogP contribution >= 0.6 is 11.6 Å². The van der Waals surface area contributed by atoms with Crippen molar-refractivity contribution in [3.8, 4) is 5.88 Å². The molecule has 1 fully saturated rings. The van der Waals surface area contributed by atoms with E-state index in [9.17, 15) is 0 Å². The largest absolute Gasteiger partial charge is 0.474 e. The Morgan fingerprint density at radius 2 is 2.10 bits per heavy atom. The van der Waals surface area contributed by atoms with Gasteiger partial charge in [0.05, 0.1) is 12.0 Å². The number of ether oxygens (including phenoxy) is 2. The molecule has 0 aliphatic heterocycles. The Labute approximate surface area is 123 Å². The Balaban J connectivity index is 2.09. The molecule has 106 valence electrons. The molecule has 1 atom stereocenters. The van der Waals surface area contributed by atoms with E-state index in [0.717, 1.165) is 29.2 Å². The predicted octanol–water partition coefficient (Wildman–Crippen LogP) is 3.57. The predicted molar refractivity (Wildman–Crippen MR) is 78.5 cm³/mol. The highest BCUT2D eigenvalue weighted by molar-refractivity contribution is 6.30. The maximum absolute atomic E-state index is 6.04. The maximum Gasteiger partial charge on any atom is 0.223 e. The van der Waals surface area contributed by atoms with Crippen LogP contribution in [0.15, 0.2) is 18.5 Å². The van der Waals surface area contributed by atoms with Gasteiger partial charge in [0.15, 0.2) is 0 Å². The standard InChI is InChI=1S/C15H17ClN2O2/c1-9(8-19-2)12-6-18-15(20-10-3-4-10)13-7-17-14(16)5-11(12)13/h5-7,9-10H,3-4,8H2,1-2H3/t9-/m0/s1. The van der Waals surface area contributed by atoms with Crippen molar-refractivity contribution in [2.24, 2.45) is 0 Å². The number of hydrogen-bond acceptors (Lipinski definition) is 4. The van der Waals surface area contributed by atoms with Gasteiger partial charge in [0, 0.05) is 25.4 Å². The Kier molecular flexibility index (Phi) is 3.76. The van der Waals surface area contributed by atoms with E-state index in [-0.39, 0.29) is 5.92 Å². The molecule has 1 aliphatic carbocycles. The first-order chi connectivity index (χ1) is 9.69. The molecule has 0 radical (unpaired) electrons. The third kappa shape index (κ3) is 2.72. The average Bonchev–Trinajstić information content (AvgIpc) is 3.23. The Bertz CT molecular complexity index is 629. The second kappa shape index (κ2) is 5.54. The SMILES string of the molecule is COC[C@H](C)c1cnc(OC2CC2)c2cnc(Cl)cc12. The van der Waals surface area contributed by atoms with Gasteiger partial charge in [-0.1, -0.05) is 18.5 Å². The molecule has 2 aromatic heterocycles. The van der Waals surface area contributed by atoms with Crippen molar-refractivity contribution in [2.45, 2.75) is 31.8 Å². The number of hydrogen-bond donors (Lipinski definition) is 0. The first kappa shape index (κ1) is 13.6. The van der Waals surface area contributed by atoms with E-state index in [0.29, 0.717) is 23.7 Å². The summed E-state index contributed by atoms with van der Waals surface area (Å²) in [5, 5.41) is 2.44. The van der Waals surface area contributed by atoms with Gasteiger partial charge in [0.2, 0.25) is 5.88 Å². The van der Waals surface area contributed by atoms with Crippen LogP contribution in [0.2, 0.25) is 5.15 Å². The minimum atomic E-state index is 0.239. The summed E-state index contributed by atoms with van der Waals surface area (Å²) in [6.45, 7) is 2.75. The number of methoxy groups -OCH3 is 1. The van der Waals surface area contributed by atoms with Crippen LogP contribution in [0.5, 0.6) is 5.88 Å². The number of pyridine rings is 2. The molecule has 4 nitrogen and oxygen atoms in total. The minimum Gasteiger partial charge on any atom is -0.474 e. The monoisotopic (exact) mass is 292 g/mol. The van der Waals surface area contributed by atoms with Crippen molar-refractivity contribution in [2.75, 3.05) is 13.7 Å². The number of rotatable bonds is 5. The van der Waals surface area contributed by atoms with Crippen LogP contribution in [0, 0.1) is 0 Å². The molecule has 3 rings (SSSR count). The van der Waals surface area contributed by atoms with Gasteiger partial charge in [-0.05, 0) is 29.9 Å². The van der Waals surface area contributed by atoms with Gasteiger partial charge in [-0.2, -0.15) is 0 Å². The van der Waals surface area contributed by atoms with E-state index in [2.05, 4.69) is 16.9 Å². The van der Waals surface area contributed by atoms with Crippen molar-refractivity contribution in [1.82, 2.24) is 9.97 Å². The van der Waals surface area contributed by atoms with E-state index < -0.39 is 0 Å². The highest BCUT2D eigenvalue weighted by atomic mass is 35.5. The van der Waals surface area contributed by atoms with Crippen LogP contribution in [-0.2, 0) is 4.74 Å². The maximum atomic E-state index is 6.04. The highest BCUT2D eigenvalue weighted by Gasteiger charge is 2.25. The van der Waals surface area contributed by atoms with Gasteiger partial charge < -0.3 is 9.47 Å². The van der Waals surface area contributed by atoms with Crippen LogP contribution in [0.3, 0.4) is 0 Å². The zero-order valence-electron chi connectivity index (χ0n) is 11.6. The molecule has 20 heavy (non-hydrogen) atoms. The normalized spacial score (nSPS) is 16.4. The minimum absolute atomic E-state index is 0.239. The first-order valence-electron chi connectivity index (χ1n) is 6.78. The van der Waals surface area contributed by atoms with Crippen molar-refractivity contribution in [3.05, 3.63) is 29.2 Å². The summed E-state index contributed by atoms with van der Waals surface area (Å²) in [5.74, 6) is 0.892. The summed E-state index contributed by atoms with van der Waals surface area (Å²) >= 11 is 6.04. The van der Waals surface area contributed by atoms with E-state index >= 15 is 0 Å². The zero-order valence-corrected chi connectivity index (χ0v) is 12.4. The molecule has 1 saturated carbocycles. The molecule has 0 saturated heterocycles. The zero-order chi connectivity index (χ0) is 14.1. The molecule has 2 heterocycles. The summed E-state index contributed by atoms with van der Waals surface area (Å²) in [7, 11) is 1.70. The van der Waals surface area contributed by atoms with Gasteiger partial charge in [-0.3, -0.25) is 0 Å². The number of aromatic nitrogens is 2. The molecule has 0 bridgehead atoms. The summed E-state index contributed by atoms with van der Waals surface area (Å²) in [6, 6.07) is 1.87. The topological polar surface area (TPSA) is 44.2 Å². The third-order valence-electron chi connectivity index (χ3n) is 3.48. The van der Waals surface area contributed by atoms with Gasteiger partial charge in [-0.15, -0.1) is 0 Å². The molecule has 0 spiro atoms. The lowest BCUT2D eigenvalue weighted by molar-refractivity contribution is 0.184. The molecule has 1 aliphatic rings. The third-order valence-corrected chi connectivity index (χ3v) is 3.69. The Hall–Kier alpha value is -1.39. The van der Waals surface area contributed by atoms with E-state index in [4.69, 9.17) is 21.1 Å². The van der Waals surface area contributed by atoms with Crippen LogP contribution in [-0.4, -0.2) is 29.8 Å². The highest BCUT2D eigenvalue weighted by Crippen LogP contribution is 2.34. The number of fused-ring (bicyclic) bond motifs is 1. The summed E-state index contributed by atoms with van der Waals surface area (Å²) < 4.78 is 11.1. The number of nitrogens with zero attached hydrogens (tertiary/aromatic N) is 2. The van der Waals surface area contributed by atoms with E-state index in [1.807, 2.05) is 12.3 Å². The van der Waals surface area contributed by atoms with Gasteiger partial charge in [-0.25, -0.2) is 9.97 Å². The van der Waals surface area contributed by atoms with Crippen LogP contribution in [0.1, 0.15) is 31.2 Å². The molecule has 5 heteroatoms. The molecule has 2 aromatic rings. The van der Waals surface area contributed by atoms with E-state index in [1.54, 1.807) is 13.3 Å². The van der Waals surface area contributed by atoms with Crippen LogP contribution < -0.4 is 4.74 Å². The smallest absolute Gasteiger partial charge is 0.223 e. The average molecular weight is 293 g/mol. The fourth-order valence-corrected chi connectivity index (χ4v) is 2.43. The van der Waals surface area contributed by atoms with Gasteiger partial charge in [0.1, 0.15) is 11.3 Å². The van der Waals surface area contributed by atoms with Crippen molar-refractivity contribution in [1.29, 1.82) is 0 Å². The lowest BCUT2D eigenvalue weighted by atomic mass is 9.99. The molecule has 0 N–H and O–H groups in total. The van der Waals surface area contributed by atoms with Crippen LogP contribution in [0.25, 0.3) is 10.8 Å². The second-order valence-corrected chi connectivity index (χ2v) is 5.63. The summed E-state index contributed by atoms with van der Waals surface area (Å²) in [5.41, 5.74) is 1.11. The second-order valence-electron chi connectivity index (χ2n) is 5.24. The van der Waals surface area contributed by atoms with Crippen molar-refractivity contribution >= 4 is 22.4 Å². The van der Waals surface area contributed by atoms with Gasteiger partial charge in [0.25, 0.3) is 0 Å².